The van der Waals surface area contributed by atoms with Crippen LogP contribution in [0.4, 0.5) is 5.82 Å². The lowest BCUT2D eigenvalue weighted by molar-refractivity contribution is -0.116. The molecule has 3 heterocycles. The van der Waals surface area contributed by atoms with E-state index in [1.807, 2.05) is 30.3 Å². The molecule has 6 nitrogen and oxygen atoms in total. The van der Waals surface area contributed by atoms with Gasteiger partial charge in [-0.2, -0.15) is 0 Å². The number of rotatable bonds is 2. The molecule has 0 saturated carbocycles. The summed E-state index contributed by atoms with van der Waals surface area (Å²) in [5.41, 5.74) is 2.56. The van der Waals surface area contributed by atoms with E-state index in [1.54, 1.807) is 12.3 Å². The fraction of sp³-hybridized carbons (Fsp3) is 0.200. The Kier molecular flexibility index (Phi) is 3.62. The molecule has 3 aromatic rings. The maximum Gasteiger partial charge on any atom is 0.270 e. The van der Waals surface area contributed by atoms with Gasteiger partial charge in [0.2, 0.25) is 0 Å². The molecule has 2 aliphatic rings. The molecule has 7 heteroatoms. The van der Waals surface area contributed by atoms with Crippen LogP contribution >= 0.6 is 11.6 Å². The topological polar surface area (TPSA) is 90.9 Å². The van der Waals surface area contributed by atoms with Crippen LogP contribution in [0.25, 0.3) is 0 Å². The molecule has 1 aliphatic heterocycles. The number of allylic oxidation sites excluding steroid dienone is 2. The Morgan fingerprint density at radius 1 is 1.07 bits per heavy atom. The first-order chi connectivity index (χ1) is 13.1. The lowest BCUT2D eigenvalue weighted by Gasteiger charge is -2.33. The number of Topliss-reactive ketones (excluding diaryl/α,β-unsaturated/α-hetero) is 1. The van der Waals surface area contributed by atoms with Crippen molar-refractivity contribution in [2.75, 3.05) is 5.32 Å². The summed E-state index contributed by atoms with van der Waals surface area (Å²) in [5, 5.41) is 9.33. The minimum atomic E-state index is -0.449. The third-order valence-electron chi connectivity index (χ3n) is 5.30. The highest BCUT2D eigenvalue weighted by Gasteiger charge is 2.40. The summed E-state index contributed by atoms with van der Waals surface area (Å²) in [7, 11) is 0. The number of hydrogen-bond donors (Lipinski definition) is 3. The molecule has 5 rings (SSSR count). The van der Waals surface area contributed by atoms with Gasteiger partial charge in [-0.3, -0.25) is 19.8 Å². The Bertz CT molecular complexity index is 1120. The Morgan fingerprint density at radius 3 is 2.74 bits per heavy atom. The molecule has 0 fully saturated rings. The summed E-state index contributed by atoms with van der Waals surface area (Å²) in [4.78, 5) is 25.6. The van der Waals surface area contributed by atoms with Crippen LogP contribution in [0.5, 0.6) is 0 Å². The molecule has 136 valence electrons. The number of carbonyl (C=O) groups is 1. The average molecular weight is 382 g/mol. The van der Waals surface area contributed by atoms with E-state index in [4.69, 9.17) is 16.0 Å². The van der Waals surface area contributed by atoms with Gasteiger partial charge in [-0.15, -0.1) is 0 Å². The molecule has 1 aliphatic carbocycles. The lowest BCUT2D eigenvalue weighted by Crippen LogP contribution is -2.31. The zero-order chi connectivity index (χ0) is 18.5. The van der Waals surface area contributed by atoms with Crippen molar-refractivity contribution in [2.45, 2.75) is 24.7 Å². The van der Waals surface area contributed by atoms with E-state index >= 15 is 0 Å². The van der Waals surface area contributed by atoms with Gasteiger partial charge < -0.3 is 9.73 Å². The maximum absolute atomic E-state index is 13.2. The van der Waals surface area contributed by atoms with Gasteiger partial charge in [-0.1, -0.05) is 23.7 Å². The van der Waals surface area contributed by atoms with Gasteiger partial charge in [0.05, 0.1) is 11.8 Å². The Balaban J connectivity index is 1.67. The highest BCUT2D eigenvalue weighted by atomic mass is 35.5. The molecule has 27 heavy (non-hydrogen) atoms. The van der Waals surface area contributed by atoms with Crippen molar-refractivity contribution < 1.29 is 9.21 Å². The highest BCUT2D eigenvalue weighted by molar-refractivity contribution is 6.30. The van der Waals surface area contributed by atoms with Crippen LogP contribution in [0.1, 0.15) is 41.6 Å². The number of ketones is 1. The van der Waals surface area contributed by atoms with Crippen LogP contribution in [-0.2, 0) is 4.79 Å². The quantitative estimate of drug-likeness (QED) is 0.627. The fourth-order valence-corrected chi connectivity index (χ4v) is 4.36. The highest BCUT2D eigenvalue weighted by Crippen LogP contribution is 2.46. The fourth-order valence-electron chi connectivity index (χ4n) is 4.17. The van der Waals surface area contributed by atoms with E-state index in [0.29, 0.717) is 34.8 Å². The van der Waals surface area contributed by atoms with Gasteiger partial charge in [0.15, 0.2) is 5.78 Å². The number of aromatic nitrogens is 2. The van der Waals surface area contributed by atoms with Crippen molar-refractivity contribution in [1.29, 1.82) is 0 Å². The van der Waals surface area contributed by atoms with Crippen molar-refractivity contribution in [3.63, 3.8) is 0 Å². The summed E-state index contributed by atoms with van der Waals surface area (Å²) in [5.74, 6) is 0.934. The molecule has 0 amide bonds. The molecule has 0 radical (unpaired) electrons. The number of aromatic amines is 2. The molecular formula is C20H16ClN3O3. The average Bonchev–Trinajstić information content (AvgIpc) is 3.30. The number of nitrogens with one attached hydrogen (secondary N) is 3. The van der Waals surface area contributed by atoms with Crippen LogP contribution in [-0.4, -0.2) is 16.0 Å². The van der Waals surface area contributed by atoms with Crippen molar-refractivity contribution in [1.82, 2.24) is 10.2 Å². The SMILES string of the molecule is O=C1C[C@H](c2ccco2)CC2=C1[C@@H](c1cccc(Cl)c1)c1c([nH][nH]c1=O)N2. The number of halogens is 1. The zero-order valence-electron chi connectivity index (χ0n) is 14.2. The van der Waals surface area contributed by atoms with Crippen LogP contribution in [0.2, 0.25) is 5.02 Å². The number of fused-ring (bicyclic) bond motifs is 1. The van der Waals surface area contributed by atoms with Crippen molar-refractivity contribution in [2.24, 2.45) is 0 Å². The summed E-state index contributed by atoms with van der Waals surface area (Å²) >= 11 is 6.18. The summed E-state index contributed by atoms with van der Waals surface area (Å²) < 4.78 is 5.52. The van der Waals surface area contributed by atoms with E-state index in [0.717, 1.165) is 17.0 Å². The monoisotopic (exact) mass is 381 g/mol. The third kappa shape index (κ3) is 2.56. The molecule has 0 saturated heterocycles. The first-order valence-electron chi connectivity index (χ1n) is 8.74. The number of H-pyrrole nitrogens is 2. The van der Waals surface area contributed by atoms with Crippen LogP contribution in [0.15, 0.2) is 63.1 Å². The number of benzene rings is 1. The minimum absolute atomic E-state index is 0.0152. The molecular weight excluding hydrogens is 366 g/mol. The van der Waals surface area contributed by atoms with Gasteiger partial charge in [0.25, 0.3) is 5.56 Å². The van der Waals surface area contributed by atoms with Crippen molar-refractivity contribution >= 4 is 23.2 Å². The second kappa shape index (κ2) is 6.03. The van der Waals surface area contributed by atoms with Crippen molar-refractivity contribution in [3.05, 3.63) is 86.2 Å². The number of carbonyl (C=O) groups excluding carboxylic acids is 1. The molecule has 2 atom stereocenters. The third-order valence-corrected chi connectivity index (χ3v) is 5.54. The van der Waals surface area contributed by atoms with E-state index in [1.165, 1.54) is 0 Å². The molecule has 3 N–H and O–H groups in total. The smallest absolute Gasteiger partial charge is 0.270 e. The first-order valence-corrected chi connectivity index (χ1v) is 9.12. The van der Waals surface area contributed by atoms with Crippen LogP contribution in [0, 0.1) is 0 Å². The Morgan fingerprint density at radius 2 is 1.96 bits per heavy atom. The summed E-state index contributed by atoms with van der Waals surface area (Å²) in [6, 6.07) is 11.0. The van der Waals surface area contributed by atoms with Crippen molar-refractivity contribution in [3.8, 4) is 0 Å². The van der Waals surface area contributed by atoms with E-state index in [9.17, 15) is 9.59 Å². The second-order valence-corrected chi connectivity index (χ2v) is 7.35. The zero-order valence-corrected chi connectivity index (χ0v) is 15.0. The predicted molar refractivity (Wildman–Crippen MR) is 101 cm³/mol. The second-order valence-electron chi connectivity index (χ2n) is 6.92. The first kappa shape index (κ1) is 16.2. The van der Waals surface area contributed by atoms with E-state index in [-0.39, 0.29) is 17.3 Å². The molecule has 1 aromatic carbocycles. The number of anilines is 1. The van der Waals surface area contributed by atoms with Gasteiger partial charge >= 0.3 is 0 Å². The maximum atomic E-state index is 13.2. The normalized spacial score (nSPS) is 21.6. The molecule has 2 aromatic heterocycles. The summed E-state index contributed by atoms with van der Waals surface area (Å²) in [6.45, 7) is 0. The van der Waals surface area contributed by atoms with E-state index in [2.05, 4.69) is 15.5 Å². The van der Waals surface area contributed by atoms with Gasteiger partial charge in [0.1, 0.15) is 11.6 Å². The van der Waals surface area contributed by atoms with Crippen LogP contribution < -0.4 is 10.9 Å². The number of furan rings is 1. The predicted octanol–water partition coefficient (Wildman–Crippen LogP) is 3.91. The summed E-state index contributed by atoms with van der Waals surface area (Å²) in [6.07, 6.45) is 2.61. The van der Waals surface area contributed by atoms with Gasteiger partial charge in [-0.25, -0.2) is 0 Å². The standard InChI is InChI=1S/C20H16ClN3O3/c21-12-4-1-3-10(7-12)16-17-13(22-19-18(16)20(26)24-23-19)8-11(9-14(17)25)15-5-2-6-27-15/h1-7,11,16H,8-9H2,(H3,22,23,24,26)/t11-,16-/m1/s1. The molecule has 0 bridgehead atoms. The number of hydrogen-bond acceptors (Lipinski definition) is 4. The largest absolute Gasteiger partial charge is 0.469 e. The Labute approximate surface area is 159 Å². The lowest BCUT2D eigenvalue weighted by atomic mass is 9.74. The van der Waals surface area contributed by atoms with Crippen LogP contribution in [0.3, 0.4) is 0 Å². The molecule has 0 unspecified atom stereocenters. The Hall–Kier alpha value is -2.99. The molecule has 0 spiro atoms. The van der Waals surface area contributed by atoms with E-state index < -0.39 is 5.92 Å². The minimum Gasteiger partial charge on any atom is -0.469 e. The van der Waals surface area contributed by atoms with Gasteiger partial charge in [-0.05, 0) is 36.2 Å². The van der Waals surface area contributed by atoms with Gasteiger partial charge in [0, 0.05) is 34.5 Å².